The molecule has 0 saturated heterocycles. The monoisotopic (exact) mass is 292 g/mol. The molecule has 0 radical (unpaired) electrons. The summed E-state index contributed by atoms with van der Waals surface area (Å²) in [6.45, 7) is 3.96. The molecule has 6 nitrogen and oxygen atoms in total. The summed E-state index contributed by atoms with van der Waals surface area (Å²) in [7, 11) is 0. The Morgan fingerprint density at radius 2 is 2.05 bits per heavy atom. The van der Waals surface area contributed by atoms with Crippen LogP contribution in [0.4, 0.5) is 5.95 Å². The van der Waals surface area contributed by atoms with Crippen molar-refractivity contribution >= 4 is 23.5 Å². The summed E-state index contributed by atoms with van der Waals surface area (Å²) in [6.07, 6.45) is 0. The molecule has 7 heteroatoms. The number of halogens is 1. The molecule has 2 N–H and O–H groups in total. The van der Waals surface area contributed by atoms with Gasteiger partial charge >= 0.3 is 5.97 Å². The molecule has 0 bridgehead atoms. The Balaban J connectivity index is 2.11. The van der Waals surface area contributed by atoms with E-state index in [4.69, 9.17) is 16.7 Å². The Kier molecular flexibility index (Phi) is 4.14. The van der Waals surface area contributed by atoms with Crippen molar-refractivity contribution in [2.45, 2.75) is 20.4 Å². The Hall–Kier alpha value is -2.21. The van der Waals surface area contributed by atoms with Crippen molar-refractivity contribution in [2.24, 2.45) is 0 Å². The van der Waals surface area contributed by atoms with Gasteiger partial charge in [-0.25, -0.2) is 9.78 Å². The lowest BCUT2D eigenvalue weighted by Gasteiger charge is -2.08. The maximum atomic E-state index is 10.9. The number of aromatic carboxylic acids is 1. The molecule has 0 aliphatic rings. The fourth-order valence-corrected chi connectivity index (χ4v) is 1.99. The Morgan fingerprint density at radius 1 is 1.30 bits per heavy atom. The van der Waals surface area contributed by atoms with Crippen molar-refractivity contribution in [3.8, 4) is 0 Å². The van der Waals surface area contributed by atoms with Gasteiger partial charge in [-0.1, -0.05) is 12.1 Å². The number of benzene rings is 1. The van der Waals surface area contributed by atoms with Gasteiger partial charge in [-0.3, -0.25) is 0 Å². The number of hydrogen-bond donors (Lipinski definition) is 2. The summed E-state index contributed by atoms with van der Waals surface area (Å²) in [4.78, 5) is 22.9. The molecule has 0 saturated carbocycles. The van der Waals surface area contributed by atoms with Gasteiger partial charge in [-0.15, -0.1) is 0 Å². The zero-order valence-corrected chi connectivity index (χ0v) is 11.8. The van der Waals surface area contributed by atoms with Gasteiger partial charge in [0.1, 0.15) is 5.82 Å². The van der Waals surface area contributed by atoms with Crippen molar-refractivity contribution in [1.82, 2.24) is 15.0 Å². The number of nitrogens with zero attached hydrogens (tertiary/aromatic N) is 3. The lowest BCUT2D eigenvalue weighted by molar-refractivity contribution is 0.0696. The first kappa shape index (κ1) is 14.2. The minimum atomic E-state index is -0.929. The zero-order valence-electron chi connectivity index (χ0n) is 11.0. The molecule has 1 aromatic carbocycles. The standard InChI is InChI=1S/C13H13ClN4O2/c1-7-5-9(3-4-10(7)11(19)20)6-15-13-17-8(2)16-12(14)18-13/h3-5H,6H2,1-2H3,(H,19,20)(H,15,16,17,18). The predicted molar refractivity (Wildman–Crippen MR) is 75.0 cm³/mol. The molecule has 1 aromatic heterocycles. The molecule has 0 fully saturated rings. The highest BCUT2D eigenvalue weighted by molar-refractivity contribution is 6.28. The van der Waals surface area contributed by atoms with E-state index in [2.05, 4.69) is 20.3 Å². The first-order chi connectivity index (χ1) is 9.45. The van der Waals surface area contributed by atoms with Gasteiger partial charge in [-0.05, 0) is 42.6 Å². The first-order valence-electron chi connectivity index (χ1n) is 5.90. The van der Waals surface area contributed by atoms with Crippen LogP contribution in [0.15, 0.2) is 18.2 Å². The van der Waals surface area contributed by atoms with Crippen molar-refractivity contribution < 1.29 is 9.90 Å². The normalized spacial score (nSPS) is 10.3. The van der Waals surface area contributed by atoms with E-state index in [0.717, 1.165) is 5.56 Å². The summed E-state index contributed by atoms with van der Waals surface area (Å²) in [5.41, 5.74) is 1.94. The van der Waals surface area contributed by atoms with E-state index in [9.17, 15) is 4.79 Å². The van der Waals surface area contributed by atoms with Crippen LogP contribution in [-0.2, 0) is 6.54 Å². The van der Waals surface area contributed by atoms with Gasteiger partial charge in [0.05, 0.1) is 5.56 Å². The van der Waals surface area contributed by atoms with Crippen molar-refractivity contribution in [1.29, 1.82) is 0 Å². The molecular weight excluding hydrogens is 280 g/mol. The number of carbonyl (C=O) groups is 1. The van der Waals surface area contributed by atoms with E-state index < -0.39 is 5.97 Å². The quantitative estimate of drug-likeness (QED) is 0.900. The Bertz CT molecular complexity index is 641. The second-order valence-corrected chi connectivity index (χ2v) is 4.62. The largest absolute Gasteiger partial charge is 0.478 e. The van der Waals surface area contributed by atoms with Crippen LogP contribution in [0.2, 0.25) is 5.28 Å². The number of rotatable bonds is 4. The fourth-order valence-electron chi connectivity index (χ4n) is 1.79. The minimum Gasteiger partial charge on any atom is -0.478 e. The van der Waals surface area contributed by atoms with Crippen LogP contribution < -0.4 is 5.32 Å². The van der Waals surface area contributed by atoms with Crippen LogP contribution in [0.1, 0.15) is 27.3 Å². The third-order valence-electron chi connectivity index (χ3n) is 2.69. The smallest absolute Gasteiger partial charge is 0.335 e. The van der Waals surface area contributed by atoms with Crippen LogP contribution in [0.5, 0.6) is 0 Å². The molecule has 104 valence electrons. The van der Waals surface area contributed by atoms with Gasteiger partial charge in [0.25, 0.3) is 0 Å². The third-order valence-corrected chi connectivity index (χ3v) is 2.86. The molecule has 20 heavy (non-hydrogen) atoms. The molecule has 0 aliphatic carbocycles. The SMILES string of the molecule is Cc1nc(Cl)nc(NCc2ccc(C(=O)O)c(C)c2)n1. The van der Waals surface area contributed by atoms with Crippen LogP contribution in [0.25, 0.3) is 0 Å². The van der Waals surface area contributed by atoms with E-state index in [1.807, 2.05) is 6.07 Å². The van der Waals surface area contributed by atoms with Gasteiger partial charge in [0, 0.05) is 6.54 Å². The molecular formula is C13H13ClN4O2. The van der Waals surface area contributed by atoms with Gasteiger partial charge in [-0.2, -0.15) is 9.97 Å². The number of hydrogen-bond acceptors (Lipinski definition) is 5. The molecule has 0 unspecified atom stereocenters. The highest BCUT2D eigenvalue weighted by Crippen LogP contribution is 2.13. The van der Waals surface area contributed by atoms with Crippen LogP contribution in [-0.4, -0.2) is 26.0 Å². The van der Waals surface area contributed by atoms with Gasteiger partial charge in [0.2, 0.25) is 11.2 Å². The van der Waals surface area contributed by atoms with Crippen LogP contribution in [0.3, 0.4) is 0 Å². The predicted octanol–water partition coefficient (Wildman–Crippen LogP) is 2.45. The molecule has 2 aromatic rings. The lowest BCUT2D eigenvalue weighted by Crippen LogP contribution is -2.07. The first-order valence-corrected chi connectivity index (χ1v) is 6.28. The topological polar surface area (TPSA) is 88.0 Å². The number of aryl methyl sites for hydroxylation is 2. The van der Waals surface area contributed by atoms with E-state index in [1.165, 1.54) is 0 Å². The average Bonchev–Trinajstić information content (AvgIpc) is 2.35. The summed E-state index contributed by atoms with van der Waals surface area (Å²) < 4.78 is 0. The van der Waals surface area contributed by atoms with Crippen LogP contribution in [0, 0.1) is 13.8 Å². The molecule has 0 amide bonds. The number of aromatic nitrogens is 3. The van der Waals surface area contributed by atoms with E-state index in [1.54, 1.807) is 26.0 Å². The number of carboxylic acid groups (broad SMARTS) is 1. The number of anilines is 1. The second-order valence-electron chi connectivity index (χ2n) is 4.28. The Morgan fingerprint density at radius 3 is 2.65 bits per heavy atom. The second kappa shape index (κ2) is 5.83. The van der Waals surface area contributed by atoms with E-state index in [0.29, 0.717) is 29.4 Å². The maximum Gasteiger partial charge on any atom is 0.335 e. The molecule has 0 atom stereocenters. The number of carboxylic acids is 1. The maximum absolute atomic E-state index is 10.9. The number of nitrogens with one attached hydrogen (secondary N) is 1. The van der Waals surface area contributed by atoms with Gasteiger partial charge < -0.3 is 10.4 Å². The van der Waals surface area contributed by atoms with Crippen molar-refractivity contribution in [2.75, 3.05) is 5.32 Å². The molecule has 1 heterocycles. The summed E-state index contributed by atoms with van der Waals surface area (Å²) in [5, 5.41) is 12.1. The van der Waals surface area contributed by atoms with E-state index >= 15 is 0 Å². The molecule has 0 spiro atoms. The Labute approximate surface area is 120 Å². The zero-order chi connectivity index (χ0) is 14.7. The third kappa shape index (κ3) is 3.42. The molecule has 0 aliphatic heterocycles. The summed E-state index contributed by atoms with van der Waals surface area (Å²) in [6, 6.07) is 5.14. The van der Waals surface area contributed by atoms with Gasteiger partial charge in [0.15, 0.2) is 0 Å². The van der Waals surface area contributed by atoms with Crippen molar-refractivity contribution in [3.63, 3.8) is 0 Å². The minimum absolute atomic E-state index is 0.136. The molecule has 2 rings (SSSR count). The highest BCUT2D eigenvalue weighted by Gasteiger charge is 2.07. The average molecular weight is 293 g/mol. The summed E-state index contributed by atoms with van der Waals surface area (Å²) >= 11 is 5.75. The lowest BCUT2D eigenvalue weighted by atomic mass is 10.1. The fraction of sp³-hybridized carbons (Fsp3) is 0.231. The highest BCUT2D eigenvalue weighted by atomic mass is 35.5. The van der Waals surface area contributed by atoms with E-state index in [-0.39, 0.29) is 5.28 Å². The summed E-state index contributed by atoms with van der Waals surface area (Å²) in [5.74, 6) is -0.00532. The van der Waals surface area contributed by atoms with Crippen molar-refractivity contribution in [3.05, 3.63) is 46.0 Å². The van der Waals surface area contributed by atoms with Crippen LogP contribution >= 0.6 is 11.6 Å².